The Labute approximate surface area is 118 Å². The van der Waals surface area contributed by atoms with Crippen LogP contribution in [0.15, 0.2) is 18.2 Å². The van der Waals surface area contributed by atoms with E-state index < -0.39 is 0 Å². The van der Waals surface area contributed by atoms with Crippen molar-refractivity contribution >= 4 is 24.8 Å². The monoisotopic (exact) mass is 272 g/mol. The second kappa shape index (κ2) is 5.30. The largest absolute Gasteiger partial charge is 0.497 e. The number of hydrogen-bond acceptors (Lipinski definition) is 4. The molecule has 2 heterocycles. The third-order valence-electron chi connectivity index (χ3n) is 3.86. The molecule has 104 valence electrons. The zero-order valence-electron chi connectivity index (χ0n) is 11.8. The van der Waals surface area contributed by atoms with E-state index in [9.17, 15) is 4.79 Å². The van der Waals surface area contributed by atoms with Crippen LogP contribution in [0.4, 0.5) is 0 Å². The van der Waals surface area contributed by atoms with Crippen LogP contribution in [0, 0.1) is 0 Å². The summed E-state index contributed by atoms with van der Waals surface area (Å²) in [7, 11) is 3.91. The molecule has 3 rings (SSSR count). The van der Waals surface area contributed by atoms with Crippen molar-refractivity contribution in [2.75, 3.05) is 20.8 Å². The number of nitrogens with zero attached hydrogens (tertiary/aromatic N) is 2. The molecular formula is C14H17BN2O3. The third-order valence-corrected chi connectivity index (χ3v) is 3.86. The minimum Gasteiger partial charge on any atom is -0.497 e. The second-order valence-corrected chi connectivity index (χ2v) is 4.98. The number of methoxy groups -OCH3 is 1. The number of benzene rings is 1. The van der Waals surface area contributed by atoms with Crippen LogP contribution in [0.3, 0.4) is 0 Å². The number of ether oxygens (including phenoxy) is 1. The highest BCUT2D eigenvalue weighted by molar-refractivity contribution is 6.23. The summed E-state index contributed by atoms with van der Waals surface area (Å²) in [6.45, 7) is 2.53. The average Bonchev–Trinajstić information content (AvgIpc) is 2.79. The van der Waals surface area contributed by atoms with Crippen molar-refractivity contribution in [3.63, 3.8) is 0 Å². The lowest BCUT2D eigenvalue weighted by Gasteiger charge is -2.27. The molecule has 0 saturated heterocycles. The summed E-state index contributed by atoms with van der Waals surface area (Å²) in [5.74, 6) is 0.775. The Kier molecular flexibility index (Phi) is 3.50. The SMILES string of the molecule is COBN1CCn2c(c(C=O)c3cc(OC)ccc32)C1. The standard InChI is InChI=1S/C14H17BN2O3/c1-19-10-3-4-13-11(7-10)12(9-18)14-8-16(15-20-2)5-6-17(13)14/h3-4,7,9,15H,5-6,8H2,1-2H3. The van der Waals surface area contributed by atoms with Crippen LogP contribution < -0.4 is 4.74 Å². The summed E-state index contributed by atoms with van der Waals surface area (Å²) >= 11 is 0. The van der Waals surface area contributed by atoms with Crippen LogP contribution in [-0.4, -0.2) is 44.0 Å². The molecule has 2 aromatic rings. The van der Waals surface area contributed by atoms with Crippen molar-refractivity contribution in [3.05, 3.63) is 29.5 Å². The predicted octanol–water partition coefficient (Wildman–Crippen LogP) is 1.19. The number of aldehydes is 1. The molecule has 1 aromatic heterocycles. The Morgan fingerprint density at radius 2 is 2.15 bits per heavy atom. The maximum Gasteiger partial charge on any atom is 0.363 e. The van der Waals surface area contributed by atoms with Crippen LogP contribution in [0.1, 0.15) is 16.1 Å². The first kappa shape index (κ1) is 13.2. The van der Waals surface area contributed by atoms with E-state index in [1.54, 1.807) is 14.2 Å². The van der Waals surface area contributed by atoms with Gasteiger partial charge in [-0.05, 0) is 18.2 Å². The number of hydrogen-bond donors (Lipinski definition) is 0. The van der Waals surface area contributed by atoms with Crippen LogP contribution in [0.25, 0.3) is 10.9 Å². The van der Waals surface area contributed by atoms with Crippen LogP contribution >= 0.6 is 0 Å². The van der Waals surface area contributed by atoms with Gasteiger partial charge in [-0.15, -0.1) is 0 Å². The van der Waals surface area contributed by atoms with E-state index in [0.717, 1.165) is 53.8 Å². The number of rotatable bonds is 4. The van der Waals surface area contributed by atoms with Gasteiger partial charge in [0.1, 0.15) is 5.75 Å². The lowest BCUT2D eigenvalue weighted by molar-refractivity contribution is 0.112. The van der Waals surface area contributed by atoms with Gasteiger partial charge in [0.2, 0.25) is 0 Å². The summed E-state index contributed by atoms with van der Waals surface area (Å²) in [5, 5.41) is 0.966. The van der Waals surface area contributed by atoms with Crippen molar-refractivity contribution in [3.8, 4) is 5.75 Å². The molecule has 1 aromatic carbocycles. The molecule has 5 nitrogen and oxygen atoms in total. The molecule has 1 aliphatic heterocycles. The molecule has 0 unspecified atom stereocenters. The molecule has 20 heavy (non-hydrogen) atoms. The summed E-state index contributed by atoms with van der Waals surface area (Å²) in [6, 6.07) is 5.90. The Morgan fingerprint density at radius 3 is 2.85 bits per heavy atom. The Bertz CT molecular complexity index is 653. The van der Waals surface area contributed by atoms with E-state index in [1.807, 2.05) is 18.2 Å². The average molecular weight is 272 g/mol. The molecule has 1 aliphatic rings. The molecular weight excluding hydrogens is 255 g/mol. The van der Waals surface area contributed by atoms with Gasteiger partial charge >= 0.3 is 7.62 Å². The number of carbonyl (C=O) groups is 1. The van der Waals surface area contributed by atoms with E-state index in [2.05, 4.69) is 9.38 Å². The highest BCUT2D eigenvalue weighted by atomic mass is 16.5. The van der Waals surface area contributed by atoms with Crippen molar-refractivity contribution in [1.29, 1.82) is 0 Å². The van der Waals surface area contributed by atoms with Gasteiger partial charge in [0.05, 0.1) is 7.11 Å². The maximum absolute atomic E-state index is 11.5. The quantitative estimate of drug-likeness (QED) is 0.619. The topological polar surface area (TPSA) is 43.7 Å². The second-order valence-electron chi connectivity index (χ2n) is 4.98. The van der Waals surface area contributed by atoms with Gasteiger partial charge < -0.3 is 18.8 Å². The summed E-state index contributed by atoms with van der Waals surface area (Å²) in [6.07, 6.45) is 0.948. The minimum atomic E-state index is 0.586. The molecule has 0 atom stereocenters. The number of aromatic nitrogens is 1. The van der Waals surface area contributed by atoms with Crippen LogP contribution in [0.5, 0.6) is 5.75 Å². The first-order valence-electron chi connectivity index (χ1n) is 6.64. The minimum absolute atomic E-state index is 0.586. The van der Waals surface area contributed by atoms with Gasteiger partial charge in [-0.25, -0.2) is 0 Å². The van der Waals surface area contributed by atoms with Gasteiger partial charge in [-0.1, -0.05) is 0 Å². The lowest BCUT2D eigenvalue weighted by Crippen LogP contribution is -2.37. The smallest absolute Gasteiger partial charge is 0.363 e. The molecule has 0 aliphatic carbocycles. The highest BCUT2D eigenvalue weighted by Gasteiger charge is 2.23. The highest BCUT2D eigenvalue weighted by Crippen LogP contribution is 2.31. The predicted molar refractivity (Wildman–Crippen MR) is 78.4 cm³/mol. The summed E-state index contributed by atoms with van der Waals surface area (Å²) in [4.78, 5) is 13.7. The third kappa shape index (κ3) is 2.01. The molecule has 0 bridgehead atoms. The van der Waals surface area contributed by atoms with Gasteiger partial charge in [-0.3, -0.25) is 4.79 Å². The fourth-order valence-electron chi connectivity index (χ4n) is 2.92. The van der Waals surface area contributed by atoms with Crippen LogP contribution in [-0.2, 0) is 17.7 Å². The molecule has 6 heteroatoms. The van der Waals surface area contributed by atoms with E-state index >= 15 is 0 Å². The van der Waals surface area contributed by atoms with Crippen molar-refractivity contribution in [1.82, 2.24) is 9.38 Å². The zero-order chi connectivity index (χ0) is 14.1. The van der Waals surface area contributed by atoms with E-state index in [0.29, 0.717) is 7.62 Å². The molecule has 0 amide bonds. The summed E-state index contributed by atoms with van der Waals surface area (Å²) in [5.41, 5.74) is 2.92. The first-order valence-corrected chi connectivity index (χ1v) is 6.64. The number of fused-ring (bicyclic) bond motifs is 3. The lowest BCUT2D eigenvalue weighted by atomic mass is 10.1. The van der Waals surface area contributed by atoms with E-state index in [1.165, 1.54) is 0 Å². The normalized spacial score (nSPS) is 15.1. The molecule has 0 N–H and O–H groups in total. The van der Waals surface area contributed by atoms with Crippen molar-refractivity contribution in [2.45, 2.75) is 13.1 Å². The Morgan fingerprint density at radius 1 is 1.30 bits per heavy atom. The van der Waals surface area contributed by atoms with Crippen LogP contribution in [0.2, 0.25) is 0 Å². The first-order chi connectivity index (χ1) is 9.78. The Hall–Kier alpha value is -1.79. The fraction of sp³-hybridized carbons (Fsp3) is 0.357. The van der Waals surface area contributed by atoms with E-state index in [4.69, 9.17) is 9.39 Å². The van der Waals surface area contributed by atoms with Gasteiger partial charge in [0.15, 0.2) is 6.29 Å². The number of carbonyl (C=O) groups excluding carboxylic acids is 1. The molecule has 0 spiro atoms. The Balaban J connectivity index is 2.13. The van der Waals surface area contributed by atoms with Crippen molar-refractivity contribution < 1.29 is 14.2 Å². The van der Waals surface area contributed by atoms with E-state index in [-0.39, 0.29) is 0 Å². The van der Waals surface area contributed by atoms with Gasteiger partial charge in [0.25, 0.3) is 0 Å². The van der Waals surface area contributed by atoms with Gasteiger partial charge in [0, 0.05) is 48.9 Å². The zero-order valence-corrected chi connectivity index (χ0v) is 11.8. The fourth-order valence-corrected chi connectivity index (χ4v) is 2.92. The summed E-state index contributed by atoms with van der Waals surface area (Å²) < 4.78 is 12.7. The molecule has 0 saturated carbocycles. The maximum atomic E-state index is 11.5. The molecule has 0 fully saturated rings. The van der Waals surface area contributed by atoms with Gasteiger partial charge in [-0.2, -0.15) is 0 Å². The van der Waals surface area contributed by atoms with Crippen molar-refractivity contribution in [2.24, 2.45) is 0 Å². The molecule has 0 radical (unpaired) electrons.